The molecule has 0 spiro atoms. The number of anilines is 1. The van der Waals surface area contributed by atoms with Crippen LogP contribution in [-0.2, 0) is 33.4 Å². The molecule has 208 valence electrons. The van der Waals surface area contributed by atoms with Crippen LogP contribution in [0.4, 0.5) is 5.69 Å². The number of carboxylic acids is 1. The molecule has 0 saturated heterocycles. The second-order valence-corrected chi connectivity index (χ2v) is 9.63. The van der Waals surface area contributed by atoms with Gasteiger partial charge in [0.25, 0.3) is 0 Å². The Labute approximate surface area is 219 Å². The first kappa shape index (κ1) is 33.6. The standard InChI is InChI=1S/C15H21NO3.C12H20O6/c1-6-15(2,3)14(18)16(4)12-9-7-11(8-10-12)13(17)19-5;1-4-12(2,3)11(16)18-8-7-17-10(15)6-5-9(13)14/h7-10H,6H2,1-5H3;4-8H2,1-3H3,(H,13,14). The van der Waals surface area contributed by atoms with Crippen LogP contribution >= 0.6 is 0 Å². The van der Waals surface area contributed by atoms with Crippen LogP contribution in [0.25, 0.3) is 0 Å². The Morgan fingerprint density at radius 1 is 0.838 bits per heavy atom. The Morgan fingerprint density at radius 2 is 1.35 bits per heavy atom. The van der Waals surface area contributed by atoms with E-state index in [1.807, 2.05) is 27.7 Å². The van der Waals surface area contributed by atoms with Gasteiger partial charge < -0.3 is 24.2 Å². The smallest absolute Gasteiger partial charge is 0.337 e. The van der Waals surface area contributed by atoms with Crippen molar-refractivity contribution in [2.24, 2.45) is 10.8 Å². The summed E-state index contributed by atoms with van der Waals surface area (Å²) in [6.07, 6.45) is 0.992. The monoisotopic (exact) mass is 523 g/mol. The molecule has 10 nitrogen and oxygen atoms in total. The van der Waals surface area contributed by atoms with Gasteiger partial charge in [-0.05, 0) is 51.0 Å². The van der Waals surface area contributed by atoms with Crippen molar-refractivity contribution >= 4 is 35.5 Å². The summed E-state index contributed by atoms with van der Waals surface area (Å²) in [7, 11) is 3.09. The summed E-state index contributed by atoms with van der Waals surface area (Å²) in [6, 6.07) is 6.81. The fourth-order valence-corrected chi connectivity index (χ4v) is 2.57. The van der Waals surface area contributed by atoms with Crippen molar-refractivity contribution in [3.8, 4) is 0 Å². The fourth-order valence-electron chi connectivity index (χ4n) is 2.57. The van der Waals surface area contributed by atoms with E-state index >= 15 is 0 Å². The minimum Gasteiger partial charge on any atom is -0.481 e. The molecule has 1 rings (SSSR count). The van der Waals surface area contributed by atoms with Gasteiger partial charge in [-0.25, -0.2) is 4.79 Å². The Kier molecular flexibility index (Phi) is 14.2. The van der Waals surface area contributed by atoms with E-state index in [1.165, 1.54) is 7.11 Å². The molecule has 0 aliphatic carbocycles. The molecular formula is C27H41NO9. The maximum absolute atomic E-state index is 12.3. The lowest BCUT2D eigenvalue weighted by Gasteiger charge is -2.28. The zero-order valence-corrected chi connectivity index (χ0v) is 23.2. The number of hydrogen-bond donors (Lipinski definition) is 1. The fraction of sp³-hybridized carbons (Fsp3) is 0.593. The Balaban J connectivity index is 0.000000702. The van der Waals surface area contributed by atoms with E-state index in [-0.39, 0.29) is 43.9 Å². The number of hydrogen-bond acceptors (Lipinski definition) is 8. The molecule has 10 heteroatoms. The molecule has 0 saturated carbocycles. The van der Waals surface area contributed by atoms with E-state index in [4.69, 9.17) is 14.6 Å². The van der Waals surface area contributed by atoms with Crippen molar-refractivity contribution in [3.05, 3.63) is 29.8 Å². The highest BCUT2D eigenvalue weighted by molar-refractivity contribution is 5.97. The maximum atomic E-state index is 12.3. The van der Waals surface area contributed by atoms with Gasteiger partial charge in [0.1, 0.15) is 13.2 Å². The lowest BCUT2D eigenvalue weighted by atomic mass is 9.88. The number of amides is 1. The molecule has 0 bridgehead atoms. The number of carboxylic acid groups (broad SMARTS) is 1. The molecular weight excluding hydrogens is 482 g/mol. The number of ether oxygens (including phenoxy) is 3. The summed E-state index contributed by atoms with van der Waals surface area (Å²) in [5.74, 6) is -2.33. The quantitative estimate of drug-likeness (QED) is 0.242. The number of esters is 3. The summed E-state index contributed by atoms with van der Waals surface area (Å²) in [6.45, 7) is 11.2. The van der Waals surface area contributed by atoms with Crippen LogP contribution in [0.1, 0.15) is 77.6 Å². The average Bonchev–Trinajstić information content (AvgIpc) is 2.88. The van der Waals surface area contributed by atoms with Crippen LogP contribution in [0.5, 0.6) is 0 Å². The van der Waals surface area contributed by atoms with Crippen molar-refractivity contribution in [2.75, 3.05) is 32.3 Å². The highest BCUT2D eigenvalue weighted by atomic mass is 16.6. The first-order chi connectivity index (χ1) is 17.1. The second-order valence-electron chi connectivity index (χ2n) is 9.63. The van der Waals surface area contributed by atoms with Crippen LogP contribution in [0.2, 0.25) is 0 Å². The number of aliphatic carboxylic acids is 1. The molecule has 0 unspecified atom stereocenters. The van der Waals surface area contributed by atoms with E-state index in [0.717, 1.165) is 12.1 Å². The predicted octanol–water partition coefficient (Wildman–Crippen LogP) is 4.25. The van der Waals surface area contributed by atoms with Gasteiger partial charge in [0.15, 0.2) is 0 Å². The number of carbonyl (C=O) groups is 5. The van der Waals surface area contributed by atoms with Gasteiger partial charge >= 0.3 is 23.9 Å². The van der Waals surface area contributed by atoms with Crippen LogP contribution in [-0.4, -0.2) is 62.3 Å². The normalized spacial score (nSPS) is 10.9. The van der Waals surface area contributed by atoms with Crippen molar-refractivity contribution in [1.29, 1.82) is 0 Å². The highest BCUT2D eigenvalue weighted by Crippen LogP contribution is 2.26. The number of rotatable bonds is 12. The van der Waals surface area contributed by atoms with Gasteiger partial charge in [-0.15, -0.1) is 0 Å². The number of methoxy groups -OCH3 is 1. The van der Waals surface area contributed by atoms with Gasteiger partial charge in [0, 0.05) is 18.2 Å². The van der Waals surface area contributed by atoms with Crippen molar-refractivity contribution in [2.45, 2.75) is 67.2 Å². The minimum atomic E-state index is -1.05. The molecule has 0 fully saturated rings. The van der Waals surface area contributed by atoms with E-state index in [1.54, 1.807) is 50.1 Å². The zero-order valence-electron chi connectivity index (χ0n) is 23.2. The topological polar surface area (TPSA) is 137 Å². The number of benzene rings is 1. The van der Waals surface area contributed by atoms with Crippen LogP contribution in [0.15, 0.2) is 24.3 Å². The average molecular weight is 524 g/mol. The first-order valence-corrected chi connectivity index (χ1v) is 12.1. The molecule has 0 radical (unpaired) electrons. The van der Waals surface area contributed by atoms with E-state index < -0.39 is 22.8 Å². The third-order valence-electron chi connectivity index (χ3n) is 6.00. The predicted molar refractivity (Wildman–Crippen MR) is 138 cm³/mol. The van der Waals surface area contributed by atoms with Gasteiger partial charge in [-0.3, -0.25) is 19.2 Å². The van der Waals surface area contributed by atoms with Crippen LogP contribution in [0.3, 0.4) is 0 Å². The molecule has 0 aliphatic rings. The molecule has 1 aromatic rings. The molecule has 1 aromatic carbocycles. The largest absolute Gasteiger partial charge is 0.481 e. The van der Waals surface area contributed by atoms with Gasteiger partial charge in [0.05, 0.1) is 30.9 Å². The van der Waals surface area contributed by atoms with Crippen molar-refractivity contribution in [1.82, 2.24) is 0 Å². The summed E-state index contributed by atoms with van der Waals surface area (Å²) in [5.41, 5.74) is 0.296. The molecule has 1 amide bonds. The molecule has 37 heavy (non-hydrogen) atoms. The minimum absolute atomic E-state index is 0.0128. The second kappa shape index (κ2) is 15.6. The van der Waals surface area contributed by atoms with Crippen LogP contribution in [0, 0.1) is 10.8 Å². The first-order valence-electron chi connectivity index (χ1n) is 12.1. The van der Waals surface area contributed by atoms with Gasteiger partial charge in [-0.2, -0.15) is 0 Å². The SMILES string of the molecule is CCC(C)(C)C(=O)N(C)c1ccc(C(=O)OC)cc1.CCC(C)(C)C(=O)OCCOC(=O)CCC(=O)O. The Morgan fingerprint density at radius 3 is 1.81 bits per heavy atom. The zero-order chi connectivity index (χ0) is 28.8. The summed E-state index contributed by atoms with van der Waals surface area (Å²) < 4.78 is 14.3. The molecule has 0 atom stereocenters. The van der Waals surface area contributed by atoms with E-state index in [2.05, 4.69) is 4.74 Å². The summed E-state index contributed by atoms with van der Waals surface area (Å²) >= 11 is 0. The molecule has 1 N–H and O–H groups in total. The third kappa shape index (κ3) is 11.9. The maximum Gasteiger partial charge on any atom is 0.337 e. The number of nitrogens with zero attached hydrogens (tertiary/aromatic N) is 1. The lowest BCUT2D eigenvalue weighted by Crippen LogP contribution is -2.38. The molecule has 0 heterocycles. The molecule has 0 aromatic heterocycles. The van der Waals surface area contributed by atoms with Crippen molar-refractivity contribution < 1.29 is 43.3 Å². The van der Waals surface area contributed by atoms with Gasteiger partial charge in [0.2, 0.25) is 5.91 Å². The van der Waals surface area contributed by atoms with E-state index in [0.29, 0.717) is 12.0 Å². The summed E-state index contributed by atoms with van der Waals surface area (Å²) in [4.78, 5) is 58.0. The lowest BCUT2D eigenvalue weighted by molar-refractivity contribution is -0.159. The Hall–Kier alpha value is -3.43. The van der Waals surface area contributed by atoms with E-state index in [9.17, 15) is 24.0 Å². The van der Waals surface area contributed by atoms with Crippen molar-refractivity contribution in [3.63, 3.8) is 0 Å². The van der Waals surface area contributed by atoms with Gasteiger partial charge in [-0.1, -0.05) is 27.7 Å². The van der Waals surface area contributed by atoms with Crippen LogP contribution < -0.4 is 4.90 Å². The number of carbonyl (C=O) groups excluding carboxylic acids is 4. The third-order valence-corrected chi connectivity index (χ3v) is 6.00. The highest BCUT2D eigenvalue weighted by Gasteiger charge is 2.29. The molecule has 0 aliphatic heterocycles. The summed E-state index contributed by atoms with van der Waals surface area (Å²) in [5, 5.41) is 8.35. The Bertz CT molecular complexity index is 920.